The predicted octanol–water partition coefficient (Wildman–Crippen LogP) is 2.92. The second-order valence-electron chi connectivity index (χ2n) is 4.67. The van der Waals surface area contributed by atoms with Crippen LogP contribution in [0.4, 0.5) is 4.39 Å². The summed E-state index contributed by atoms with van der Waals surface area (Å²) in [6.07, 6.45) is 3.43. The zero-order chi connectivity index (χ0) is 12.5. The lowest BCUT2D eigenvalue weighted by molar-refractivity contribution is 0.0462. The topological polar surface area (TPSA) is 42.1 Å². The van der Waals surface area contributed by atoms with Crippen molar-refractivity contribution in [1.29, 1.82) is 0 Å². The van der Waals surface area contributed by atoms with E-state index < -0.39 is 0 Å². The second-order valence-corrected chi connectivity index (χ2v) is 4.67. The summed E-state index contributed by atoms with van der Waals surface area (Å²) < 4.78 is 18.6. The first kappa shape index (κ1) is 11.4. The third-order valence-corrected chi connectivity index (χ3v) is 3.44. The molecule has 1 aliphatic heterocycles. The van der Waals surface area contributed by atoms with Crippen LogP contribution in [-0.2, 0) is 4.74 Å². The molecule has 0 radical (unpaired) electrons. The fourth-order valence-corrected chi connectivity index (χ4v) is 2.46. The Morgan fingerprint density at radius 1 is 1.44 bits per heavy atom. The van der Waals surface area contributed by atoms with Crippen molar-refractivity contribution in [3.63, 3.8) is 0 Å². The van der Waals surface area contributed by atoms with Gasteiger partial charge in [0.15, 0.2) is 5.78 Å². The van der Waals surface area contributed by atoms with Crippen molar-refractivity contribution in [2.45, 2.75) is 12.8 Å². The molecule has 2 heterocycles. The van der Waals surface area contributed by atoms with Gasteiger partial charge in [-0.05, 0) is 31.0 Å². The number of hydrogen-bond donors (Lipinski definition) is 1. The normalized spacial score (nSPS) is 20.2. The molecule has 1 aliphatic rings. The molecule has 4 heteroatoms. The lowest BCUT2D eigenvalue weighted by Crippen LogP contribution is -2.25. The Kier molecular flexibility index (Phi) is 2.88. The van der Waals surface area contributed by atoms with Gasteiger partial charge in [0.2, 0.25) is 0 Å². The molecule has 94 valence electrons. The number of aromatic nitrogens is 1. The number of H-pyrrole nitrogens is 1. The second kappa shape index (κ2) is 4.53. The molecular weight excluding hydrogens is 233 g/mol. The van der Waals surface area contributed by atoms with Crippen LogP contribution in [0.3, 0.4) is 0 Å². The number of Topliss-reactive ketones (excluding diaryl/α,β-unsaturated/α-hetero) is 1. The monoisotopic (exact) mass is 247 g/mol. The summed E-state index contributed by atoms with van der Waals surface area (Å²) in [6, 6.07) is 4.44. The third kappa shape index (κ3) is 1.93. The Balaban J connectivity index is 1.98. The summed E-state index contributed by atoms with van der Waals surface area (Å²) in [4.78, 5) is 15.4. The molecular formula is C14H14FNO2. The van der Waals surface area contributed by atoms with Crippen LogP contribution in [0.1, 0.15) is 23.2 Å². The van der Waals surface area contributed by atoms with Gasteiger partial charge in [0.25, 0.3) is 0 Å². The molecule has 2 aromatic rings. The molecule has 1 atom stereocenters. The van der Waals surface area contributed by atoms with Crippen LogP contribution < -0.4 is 0 Å². The van der Waals surface area contributed by atoms with Gasteiger partial charge in [-0.15, -0.1) is 0 Å². The molecule has 0 saturated carbocycles. The summed E-state index contributed by atoms with van der Waals surface area (Å²) in [5.74, 6) is -0.372. The molecule has 1 unspecified atom stereocenters. The number of aromatic amines is 1. The molecule has 1 fully saturated rings. The first-order valence-electron chi connectivity index (χ1n) is 6.14. The van der Waals surface area contributed by atoms with Crippen LogP contribution in [0.15, 0.2) is 24.4 Å². The van der Waals surface area contributed by atoms with Gasteiger partial charge in [0, 0.05) is 35.2 Å². The van der Waals surface area contributed by atoms with Crippen molar-refractivity contribution < 1.29 is 13.9 Å². The highest BCUT2D eigenvalue weighted by molar-refractivity contribution is 6.08. The molecule has 3 nitrogen and oxygen atoms in total. The SMILES string of the molecule is O=C(c1c[nH]c2ccc(F)cc12)C1CCCOC1. The average Bonchev–Trinajstić information content (AvgIpc) is 2.82. The van der Waals surface area contributed by atoms with E-state index in [0.29, 0.717) is 17.6 Å². The van der Waals surface area contributed by atoms with Crippen molar-refractivity contribution in [2.24, 2.45) is 5.92 Å². The van der Waals surface area contributed by atoms with Crippen molar-refractivity contribution in [3.8, 4) is 0 Å². The average molecular weight is 247 g/mol. The smallest absolute Gasteiger partial charge is 0.170 e. The van der Waals surface area contributed by atoms with E-state index in [1.807, 2.05) is 0 Å². The molecule has 0 spiro atoms. The van der Waals surface area contributed by atoms with E-state index in [2.05, 4.69) is 4.98 Å². The number of halogens is 1. The van der Waals surface area contributed by atoms with Crippen LogP contribution in [0.5, 0.6) is 0 Å². The lowest BCUT2D eigenvalue weighted by Gasteiger charge is -2.20. The van der Waals surface area contributed by atoms with Crippen molar-refractivity contribution >= 4 is 16.7 Å². The van der Waals surface area contributed by atoms with Crippen LogP contribution in [-0.4, -0.2) is 24.0 Å². The van der Waals surface area contributed by atoms with Gasteiger partial charge in [-0.3, -0.25) is 4.79 Å². The first-order chi connectivity index (χ1) is 8.75. The van der Waals surface area contributed by atoms with Crippen LogP contribution in [0.25, 0.3) is 10.9 Å². The molecule has 1 N–H and O–H groups in total. The van der Waals surface area contributed by atoms with E-state index in [0.717, 1.165) is 25.0 Å². The lowest BCUT2D eigenvalue weighted by atomic mass is 9.92. The van der Waals surface area contributed by atoms with Gasteiger partial charge < -0.3 is 9.72 Å². The van der Waals surface area contributed by atoms with E-state index in [1.165, 1.54) is 12.1 Å². The first-order valence-corrected chi connectivity index (χ1v) is 6.14. The van der Waals surface area contributed by atoms with E-state index in [1.54, 1.807) is 12.3 Å². The van der Waals surface area contributed by atoms with Gasteiger partial charge >= 0.3 is 0 Å². The quantitative estimate of drug-likeness (QED) is 0.829. The number of fused-ring (bicyclic) bond motifs is 1. The largest absolute Gasteiger partial charge is 0.381 e. The van der Waals surface area contributed by atoms with Gasteiger partial charge in [0.1, 0.15) is 5.82 Å². The van der Waals surface area contributed by atoms with Crippen LogP contribution >= 0.6 is 0 Å². The van der Waals surface area contributed by atoms with E-state index in [9.17, 15) is 9.18 Å². The summed E-state index contributed by atoms with van der Waals surface area (Å²) in [5, 5.41) is 0.658. The van der Waals surface area contributed by atoms with Crippen LogP contribution in [0.2, 0.25) is 0 Å². The number of ketones is 1. The molecule has 1 aromatic carbocycles. The van der Waals surface area contributed by atoms with Gasteiger partial charge in [0.05, 0.1) is 6.61 Å². The molecule has 3 rings (SSSR count). The summed E-state index contributed by atoms with van der Waals surface area (Å²) in [5.41, 5.74) is 1.36. The molecule has 1 aromatic heterocycles. The minimum atomic E-state index is -0.323. The van der Waals surface area contributed by atoms with Gasteiger partial charge in [-0.1, -0.05) is 0 Å². The highest BCUT2D eigenvalue weighted by Gasteiger charge is 2.25. The Morgan fingerprint density at radius 3 is 3.11 bits per heavy atom. The Hall–Kier alpha value is -1.68. The molecule has 0 amide bonds. The van der Waals surface area contributed by atoms with Gasteiger partial charge in [-0.25, -0.2) is 4.39 Å². The van der Waals surface area contributed by atoms with E-state index in [-0.39, 0.29) is 17.5 Å². The van der Waals surface area contributed by atoms with Gasteiger partial charge in [-0.2, -0.15) is 0 Å². The molecule has 0 aliphatic carbocycles. The molecule has 1 saturated heterocycles. The van der Waals surface area contributed by atoms with E-state index in [4.69, 9.17) is 4.74 Å². The van der Waals surface area contributed by atoms with Crippen LogP contribution in [0, 0.1) is 11.7 Å². The molecule has 18 heavy (non-hydrogen) atoms. The number of carbonyl (C=O) groups is 1. The zero-order valence-electron chi connectivity index (χ0n) is 9.91. The third-order valence-electron chi connectivity index (χ3n) is 3.44. The fraction of sp³-hybridized carbons (Fsp3) is 0.357. The number of benzene rings is 1. The molecule has 0 bridgehead atoms. The maximum atomic E-state index is 13.2. The fourth-order valence-electron chi connectivity index (χ4n) is 2.46. The number of ether oxygens (including phenoxy) is 1. The van der Waals surface area contributed by atoms with Crippen molar-refractivity contribution in [3.05, 3.63) is 35.8 Å². The minimum Gasteiger partial charge on any atom is -0.381 e. The Labute approximate surface area is 104 Å². The Morgan fingerprint density at radius 2 is 2.33 bits per heavy atom. The van der Waals surface area contributed by atoms with Crippen molar-refractivity contribution in [2.75, 3.05) is 13.2 Å². The van der Waals surface area contributed by atoms with Crippen molar-refractivity contribution in [1.82, 2.24) is 4.98 Å². The van der Waals surface area contributed by atoms with E-state index >= 15 is 0 Å². The minimum absolute atomic E-state index is 0.0477. The number of nitrogens with one attached hydrogen (secondary N) is 1. The Bertz CT molecular complexity index is 584. The number of rotatable bonds is 2. The highest BCUT2D eigenvalue weighted by atomic mass is 19.1. The standard InChI is InChI=1S/C14H14FNO2/c15-10-3-4-13-11(6-10)12(7-16-13)14(17)9-2-1-5-18-8-9/h3-4,6-7,9,16H,1-2,5,8H2. The maximum Gasteiger partial charge on any atom is 0.170 e. The number of carbonyl (C=O) groups excluding carboxylic acids is 1. The number of hydrogen-bond acceptors (Lipinski definition) is 2. The zero-order valence-corrected chi connectivity index (χ0v) is 9.91. The summed E-state index contributed by atoms with van der Waals surface area (Å²) in [7, 11) is 0. The highest BCUT2D eigenvalue weighted by Crippen LogP contribution is 2.25. The predicted molar refractivity (Wildman–Crippen MR) is 66.1 cm³/mol. The summed E-state index contributed by atoms with van der Waals surface area (Å²) >= 11 is 0. The summed E-state index contributed by atoms with van der Waals surface area (Å²) in [6.45, 7) is 1.20. The maximum absolute atomic E-state index is 13.2.